The molecule has 0 radical (unpaired) electrons. The molecule has 2 saturated heterocycles. The lowest BCUT2D eigenvalue weighted by Gasteiger charge is -2.34. The molecule has 2 fully saturated rings. The summed E-state index contributed by atoms with van der Waals surface area (Å²) in [6.07, 6.45) is 5.41. The first-order valence-electron chi connectivity index (χ1n) is 11.1. The number of amides is 2. The van der Waals surface area contributed by atoms with Crippen LogP contribution in [0.25, 0.3) is 0 Å². The molecule has 0 spiro atoms. The van der Waals surface area contributed by atoms with Gasteiger partial charge in [-0.05, 0) is 74.4 Å². The fourth-order valence-electron chi connectivity index (χ4n) is 4.30. The summed E-state index contributed by atoms with van der Waals surface area (Å²) in [6.45, 7) is 3.69. The van der Waals surface area contributed by atoms with E-state index < -0.39 is 16.1 Å². The van der Waals surface area contributed by atoms with Crippen molar-refractivity contribution in [3.05, 3.63) is 48.4 Å². The van der Waals surface area contributed by atoms with E-state index in [-0.39, 0.29) is 22.5 Å². The summed E-state index contributed by atoms with van der Waals surface area (Å²) in [7, 11) is -3.54. The normalized spacial score (nSPS) is 20.8. The molecule has 2 amide bonds. The first-order valence-corrected chi connectivity index (χ1v) is 12.6. The van der Waals surface area contributed by atoms with E-state index in [1.165, 1.54) is 22.7 Å². The highest BCUT2D eigenvalue weighted by Crippen LogP contribution is 2.25. The van der Waals surface area contributed by atoms with Gasteiger partial charge >= 0.3 is 0 Å². The fourth-order valence-corrected chi connectivity index (χ4v) is 5.77. The molecular weight excluding hydrogens is 430 g/mol. The fraction of sp³-hybridized carbons (Fsp3) is 0.478. The van der Waals surface area contributed by atoms with Crippen LogP contribution in [0, 0.1) is 5.92 Å². The van der Waals surface area contributed by atoms with Crippen molar-refractivity contribution < 1.29 is 22.4 Å². The second-order valence-corrected chi connectivity index (χ2v) is 10.5. The Bertz CT molecular complexity index is 1040. The van der Waals surface area contributed by atoms with Gasteiger partial charge in [0.05, 0.1) is 11.2 Å². The lowest BCUT2D eigenvalue weighted by molar-refractivity contribution is -0.121. The van der Waals surface area contributed by atoms with Gasteiger partial charge in [-0.25, -0.2) is 8.42 Å². The van der Waals surface area contributed by atoms with Crippen LogP contribution in [0.2, 0.25) is 0 Å². The molecule has 2 aliphatic rings. The lowest BCUT2D eigenvalue weighted by Crippen LogP contribution is -2.49. The maximum Gasteiger partial charge on any atom is 0.290 e. The van der Waals surface area contributed by atoms with Crippen molar-refractivity contribution in [3.63, 3.8) is 0 Å². The molecule has 1 aromatic heterocycles. The molecule has 172 valence electrons. The van der Waals surface area contributed by atoms with E-state index in [0.29, 0.717) is 37.7 Å². The Morgan fingerprint density at radius 1 is 1.00 bits per heavy atom. The van der Waals surface area contributed by atoms with Crippen LogP contribution in [-0.4, -0.2) is 55.1 Å². The highest BCUT2D eigenvalue weighted by molar-refractivity contribution is 7.89. The molecule has 1 atom stereocenters. The van der Waals surface area contributed by atoms with Crippen LogP contribution in [0.1, 0.15) is 49.6 Å². The highest BCUT2D eigenvalue weighted by Gasteiger charge is 2.34. The van der Waals surface area contributed by atoms with Gasteiger partial charge in [-0.2, -0.15) is 4.31 Å². The molecule has 1 N–H and O–H groups in total. The standard InChI is InChI=1S/C23H29N3O5S/c1-17-11-14-25(15-12-17)32(29,30)19-9-7-18(8-10-19)24-22(27)20-5-2-3-13-26(20)23(28)21-6-4-16-31-21/h4,6-10,16-17,20H,2-3,5,11-15H2,1H3,(H,24,27). The van der Waals surface area contributed by atoms with Gasteiger partial charge < -0.3 is 14.6 Å². The summed E-state index contributed by atoms with van der Waals surface area (Å²) in [6, 6.07) is 8.88. The van der Waals surface area contributed by atoms with Gasteiger partial charge in [-0.15, -0.1) is 0 Å². The molecule has 2 aliphatic heterocycles. The van der Waals surface area contributed by atoms with Crippen molar-refractivity contribution >= 4 is 27.5 Å². The van der Waals surface area contributed by atoms with Crippen LogP contribution in [0.5, 0.6) is 0 Å². The van der Waals surface area contributed by atoms with Gasteiger partial charge in [-0.1, -0.05) is 6.92 Å². The van der Waals surface area contributed by atoms with Gasteiger partial charge in [0.1, 0.15) is 6.04 Å². The Kier molecular flexibility index (Phi) is 6.66. The maximum atomic E-state index is 12.9. The number of sulfonamides is 1. The third kappa shape index (κ3) is 4.73. The van der Waals surface area contributed by atoms with E-state index in [9.17, 15) is 18.0 Å². The number of nitrogens with zero attached hydrogens (tertiary/aromatic N) is 2. The number of piperidine rings is 2. The van der Waals surface area contributed by atoms with Crippen LogP contribution in [0.3, 0.4) is 0 Å². The van der Waals surface area contributed by atoms with Gasteiger partial charge in [-0.3, -0.25) is 9.59 Å². The van der Waals surface area contributed by atoms with Crippen molar-refractivity contribution in [2.75, 3.05) is 25.0 Å². The predicted molar refractivity (Wildman–Crippen MR) is 120 cm³/mol. The molecule has 0 aliphatic carbocycles. The Morgan fingerprint density at radius 3 is 2.38 bits per heavy atom. The Labute approximate surface area is 188 Å². The van der Waals surface area contributed by atoms with Crippen molar-refractivity contribution in [1.29, 1.82) is 0 Å². The minimum atomic E-state index is -3.54. The Hall–Kier alpha value is -2.65. The average molecular weight is 460 g/mol. The van der Waals surface area contributed by atoms with Gasteiger partial charge in [0.25, 0.3) is 5.91 Å². The summed E-state index contributed by atoms with van der Waals surface area (Å²) in [5, 5.41) is 2.83. The van der Waals surface area contributed by atoms with E-state index in [1.54, 1.807) is 29.2 Å². The highest BCUT2D eigenvalue weighted by atomic mass is 32.2. The van der Waals surface area contributed by atoms with Crippen LogP contribution in [0.4, 0.5) is 5.69 Å². The summed E-state index contributed by atoms with van der Waals surface area (Å²) in [5.74, 6) is 0.168. The molecule has 0 saturated carbocycles. The molecule has 2 aromatic rings. The molecular formula is C23H29N3O5S. The molecule has 3 heterocycles. The quantitative estimate of drug-likeness (QED) is 0.739. The number of carbonyl (C=O) groups excluding carboxylic acids is 2. The molecule has 0 bridgehead atoms. The van der Waals surface area contributed by atoms with Crippen LogP contribution >= 0.6 is 0 Å². The molecule has 1 aromatic carbocycles. The van der Waals surface area contributed by atoms with E-state index in [2.05, 4.69) is 12.2 Å². The van der Waals surface area contributed by atoms with Crippen molar-refractivity contribution in [2.24, 2.45) is 5.92 Å². The van der Waals surface area contributed by atoms with Gasteiger partial charge in [0, 0.05) is 25.3 Å². The second kappa shape index (κ2) is 9.46. The number of nitrogens with one attached hydrogen (secondary N) is 1. The largest absolute Gasteiger partial charge is 0.459 e. The first-order chi connectivity index (χ1) is 15.4. The number of likely N-dealkylation sites (tertiary alicyclic amines) is 1. The summed E-state index contributed by atoms with van der Waals surface area (Å²) >= 11 is 0. The minimum Gasteiger partial charge on any atom is -0.459 e. The summed E-state index contributed by atoms with van der Waals surface area (Å²) in [5.41, 5.74) is 0.497. The first kappa shape index (κ1) is 22.5. The number of benzene rings is 1. The maximum absolute atomic E-state index is 12.9. The zero-order valence-electron chi connectivity index (χ0n) is 18.2. The number of furan rings is 1. The molecule has 32 heavy (non-hydrogen) atoms. The molecule has 1 unspecified atom stereocenters. The Balaban J connectivity index is 1.43. The number of hydrogen-bond acceptors (Lipinski definition) is 5. The zero-order valence-corrected chi connectivity index (χ0v) is 19.0. The van der Waals surface area contributed by atoms with Crippen LogP contribution in [0.15, 0.2) is 52.0 Å². The number of carbonyl (C=O) groups is 2. The number of hydrogen-bond donors (Lipinski definition) is 1. The SMILES string of the molecule is CC1CCN(S(=O)(=O)c2ccc(NC(=O)C3CCCCN3C(=O)c3ccco3)cc2)CC1. The average Bonchev–Trinajstić information content (AvgIpc) is 3.34. The van der Waals surface area contributed by atoms with Gasteiger partial charge in [0.15, 0.2) is 5.76 Å². The van der Waals surface area contributed by atoms with E-state index in [4.69, 9.17) is 4.42 Å². The van der Waals surface area contributed by atoms with E-state index in [1.807, 2.05) is 0 Å². The molecule has 4 rings (SSSR count). The lowest BCUT2D eigenvalue weighted by atomic mass is 10.0. The summed E-state index contributed by atoms with van der Waals surface area (Å²) in [4.78, 5) is 27.5. The monoisotopic (exact) mass is 459 g/mol. The van der Waals surface area contributed by atoms with Crippen molar-refractivity contribution in [2.45, 2.75) is 50.0 Å². The number of anilines is 1. The molecule has 9 heteroatoms. The third-order valence-electron chi connectivity index (χ3n) is 6.30. The van der Waals surface area contributed by atoms with Crippen molar-refractivity contribution in [1.82, 2.24) is 9.21 Å². The third-order valence-corrected chi connectivity index (χ3v) is 8.21. The summed E-state index contributed by atoms with van der Waals surface area (Å²) < 4.78 is 32.5. The predicted octanol–water partition coefficient (Wildman–Crippen LogP) is 3.33. The van der Waals surface area contributed by atoms with Gasteiger partial charge in [0.2, 0.25) is 15.9 Å². The Morgan fingerprint density at radius 2 is 1.72 bits per heavy atom. The number of rotatable bonds is 5. The van der Waals surface area contributed by atoms with Crippen molar-refractivity contribution in [3.8, 4) is 0 Å². The van der Waals surface area contributed by atoms with Crippen LogP contribution < -0.4 is 5.32 Å². The second-order valence-electron chi connectivity index (χ2n) is 8.59. The minimum absolute atomic E-state index is 0.214. The zero-order chi connectivity index (χ0) is 22.7. The van der Waals surface area contributed by atoms with E-state index in [0.717, 1.165) is 25.7 Å². The molecule has 8 nitrogen and oxygen atoms in total. The topological polar surface area (TPSA) is 99.9 Å². The van der Waals surface area contributed by atoms with E-state index >= 15 is 0 Å². The van der Waals surface area contributed by atoms with Crippen LogP contribution in [-0.2, 0) is 14.8 Å². The smallest absolute Gasteiger partial charge is 0.290 e.